The van der Waals surface area contributed by atoms with E-state index in [1.165, 1.54) is 24.8 Å². The van der Waals surface area contributed by atoms with Crippen LogP contribution in [0.15, 0.2) is 30.3 Å². The molecule has 0 saturated heterocycles. The van der Waals surface area contributed by atoms with E-state index in [0.29, 0.717) is 5.41 Å². The molecule has 0 spiro atoms. The van der Waals surface area contributed by atoms with Crippen molar-refractivity contribution in [2.45, 2.75) is 38.5 Å². The molecule has 1 aliphatic rings. The first-order chi connectivity index (χ1) is 6.23. The summed E-state index contributed by atoms with van der Waals surface area (Å²) in [5.41, 5.74) is 1.97. The van der Waals surface area contributed by atoms with Crippen molar-refractivity contribution in [2.75, 3.05) is 0 Å². The van der Waals surface area contributed by atoms with Crippen molar-refractivity contribution < 1.29 is 0 Å². The Hall–Kier alpha value is -0.780. The first kappa shape index (κ1) is 8.80. The van der Waals surface area contributed by atoms with Crippen molar-refractivity contribution >= 4 is 0 Å². The summed E-state index contributed by atoms with van der Waals surface area (Å²) in [5, 5.41) is 0. The highest BCUT2D eigenvalue weighted by atomic mass is 14.4. The Labute approximate surface area is 81.0 Å². The number of benzene rings is 1. The maximum atomic E-state index is 2.42. The van der Waals surface area contributed by atoms with Gasteiger partial charge in [-0.2, -0.15) is 0 Å². The lowest BCUT2D eigenvalue weighted by atomic mass is 9.75. The molecule has 1 aliphatic carbocycles. The van der Waals surface area contributed by atoms with Crippen LogP contribution in [0.4, 0.5) is 0 Å². The lowest BCUT2D eigenvalue weighted by Gasteiger charge is -2.29. The molecule has 1 aromatic carbocycles. The molecule has 2 atom stereocenters. The summed E-state index contributed by atoms with van der Waals surface area (Å²) in [7, 11) is 0. The third kappa shape index (κ3) is 1.39. The zero-order valence-corrected chi connectivity index (χ0v) is 8.59. The van der Waals surface area contributed by atoms with Gasteiger partial charge in [-0.05, 0) is 29.7 Å². The quantitative estimate of drug-likeness (QED) is 0.608. The molecule has 70 valence electrons. The molecule has 2 unspecified atom stereocenters. The maximum absolute atomic E-state index is 2.42. The first-order valence-corrected chi connectivity index (χ1v) is 5.29. The predicted octanol–water partition coefficient (Wildman–Crippen LogP) is 3.76. The van der Waals surface area contributed by atoms with Gasteiger partial charge in [0.2, 0.25) is 0 Å². The van der Waals surface area contributed by atoms with Crippen LogP contribution in [-0.2, 0) is 5.41 Å². The van der Waals surface area contributed by atoms with Gasteiger partial charge < -0.3 is 0 Å². The topological polar surface area (TPSA) is 0 Å². The zero-order chi connectivity index (χ0) is 9.31. The SMILES string of the molecule is CC1CCCC1(C)c1ccccc1. The fourth-order valence-electron chi connectivity index (χ4n) is 2.59. The fraction of sp³-hybridized carbons (Fsp3) is 0.538. The van der Waals surface area contributed by atoms with Crippen LogP contribution in [0.2, 0.25) is 0 Å². The number of hydrogen-bond acceptors (Lipinski definition) is 0. The summed E-state index contributed by atoms with van der Waals surface area (Å²) in [5.74, 6) is 0.842. The molecule has 0 bridgehead atoms. The van der Waals surface area contributed by atoms with Crippen molar-refractivity contribution in [1.82, 2.24) is 0 Å². The van der Waals surface area contributed by atoms with E-state index in [-0.39, 0.29) is 0 Å². The Balaban J connectivity index is 2.34. The van der Waals surface area contributed by atoms with E-state index in [1.54, 1.807) is 0 Å². The number of hydrogen-bond donors (Lipinski definition) is 0. The zero-order valence-electron chi connectivity index (χ0n) is 8.59. The van der Waals surface area contributed by atoms with Gasteiger partial charge in [0.05, 0.1) is 0 Å². The molecule has 0 nitrogen and oxygen atoms in total. The minimum atomic E-state index is 0.446. The third-order valence-corrected chi connectivity index (χ3v) is 3.85. The van der Waals surface area contributed by atoms with Gasteiger partial charge in [0, 0.05) is 0 Å². The van der Waals surface area contributed by atoms with E-state index in [0.717, 1.165) is 5.92 Å². The summed E-state index contributed by atoms with van der Waals surface area (Å²) in [6, 6.07) is 11.0. The van der Waals surface area contributed by atoms with Gasteiger partial charge in [0.25, 0.3) is 0 Å². The molecule has 0 radical (unpaired) electrons. The summed E-state index contributed by atoms with van der Waals surface area (Å²) < 4.78 is 0. The Morgan fingerprint density at radius 1 is 1.23 bits per heavy atom. The minimum Gasteiger partial charge on any atom is -0.0622 e. The Morgan fingerprint density at radius 3 is 2.46 bits per heavy atom. The normalized spacial score (nSPS) is 33.5. The van der Waals surface area contributed by atoms with Crippen LogP contribution < -0.4 is 0 Å². The van der Waals surface area contributed by atoms with E-state index in [4.69, 9.17) is 0 Å². The largest absolute Gasteiger partial charge is 0.0622 e. The van der Waals surface area contributed by atoms with Crippen molar-refractivity contribution in [3.63, 3.8) is 0 Å². The molecule has 0 aliphatic heterocycles. The summed E-state index contributed by atoms with van der Waals surface area (Å²) in [6.07, 6.45) is 4.15. The van der Waals surface area contributed by atoms with Gasteiger partial charge in [0.1, 0.15) is 0 Å². The second-order valence-corrected chi connectivity index (χ2v) is 4.58. The predicted molar refractivity (Wildman–Crippen MR) is 56.8 cm³/mol. The van der Waals surface area contributed by atoms with Gasteiger partial charge >= 0.3 is 0 Å². The summed E-state index contributed by atoms with van der Waals surface area (Å²) in [6.45, 7) is 4.81. The summed E-state index contributed by atoms with van der Waals surface area (Å²) >= 11 is 0. The number of rotatable bonds is 1. The van der Waals surface area contributed by atoms with Gasteiger partial charge in [-0.25, -0.2) is 0 Å². The average molecular weight is 174 g/mol. The molecule has 1 fully saturated rings. The molecule has 0 aromatic heterocycles. The van der Waals surface area contributed by atoms with Gasteiger partial charge in [-0.1, -0.05) is 50.6 Å². The minimum absolute atomic E-state index is 0.446. The van der Waals surface area contributed by atoms with Gasteiger partial charge in [0.15, 0.2) is 0 Å². The van der Waals surface area contributed by atoms with Crippen molar-refractivity contribution in [2.24, 2.45) is 5.92 Å². The second-order valence-electron chi connectivity index (χ2n) is 4.58. The fourth-order valence-corrected chi connectivity index (χ4v) is 2.59. The lowest BCUT2D eigenvalue weighted by Crippen LogP contribution is -2.24. The maximum Gasteiger partial charge on any atom is -0.00497 e. The second kappa shape index (κ2) is 3.17. The molecule has 0 heteroatoms. The summed E-state index contributed by atoms with van der Waals surface area (Å²) in [4.78, 5) is 0. The van der Waals surface area contributed by atoms with Gasteiger partial charge in [-0.3, -0.25) is 0 Å². The van der Waals surface area contributed by atoms with Crippen LogP contribution in [0.25, 0.3) is 0 Å². The smallest absolute Gasteiger partial charge is 0.00497 e. The molecule has 1 saturated carbocycles. The highest BCUT2D eigenvalue weighted by Gasteiger charge is 2.36. The van der Waals surface area contributed by atoms with E-state index >= 15 is 0 Å². The van der Waals surface area contributed by atoms with Crippen LogP contribution in [0.5, 0.6) is 0 Å². The lowest BCUT2D eigenvalue weighted by molar-refractivity contribution is 0.371. The van der Waals surface area contributed by atoms with Crippen molar-refractivity contribution in [3.05, 3.63) is 35.9 Å². The Kier molecular flexibility index (Phi) is 2.15. The average Bonchev–Trinajstić information content (AvgIpc) is 2.50. The van der Waals surface area contributed by atoms with Crippen LogP contribution >= 0.6 is 0 Å². The van der Waals surface area contributed by atoms with Crippen LogP contribution in [-0.4, -0.2) is 0 Å². The van der Waals surface area contributed by atoms with E-state index in [2.05, 4.69) is 44.2 Å². The molecular weight excluding hydrogens is 156 g/mol. The van der Waals surface area contributed by atoms with Crippen molar-refractivity contribution in [1.29, 1.82) is 0 Å². The van der Waals surface area contributed by atoms with Gasteiger partial charge in [-0.15, -0.1) is 0 Å². The van der Waals surface area contributed by atoms with E-state index in [9.17, 15) is 0 Å². The molecule has 13 heavy (non-hydrogen) atoms. The highest BCUT2D eigenvalue weighted by molar-refractivity contribution is 5.26. The standard InChI is InChI=1S/C13H18/c1-11-7-6-10-13(11,2)12-8-4-3-5-9-12/h3-5,8-9,11H,6-7,10H2,1-2H3. The molecule has 0 heterocycles. The molecule has 2 rings (SSSR count). The first-order valence-electron chi connectivity index (χ1n) is 5.29. The van der Waals surface area contributed by atoms with Crippen LogP contribution in [0.1, 0.15) is 38.7 Å². The third-order valence-electron chi connectivity index (χ3n) is 3.85. The van der Waals surface area contributed by atoms with E-state index < -0.39 is 0 Å². The monoisotopic (exact) mass is 174 g/mol. The van der Waals surface area contributed by atoms with Crippen LogP contribution in [0.3, 0.4) is 0 Å². The van der Waals surface area contributed by atoms with Crippen molar-refractivity contribution in [3.8, 4) is 0 Å². The molecular formula is C13H18. The molecule has 1 aromatic rings. The molecule has 0 N–H and O–H groups in total. The van der Waals surface area contributed by atoms with Crippen LogP contribution in [0, 0.1) is 5.92 Å². The molecule has 0 amide bonds. The highest BCUT2D eigenvalue weighted by Crippen LogP contribution is 2.44. The Bertz CT molecular complexity index is 275. The Morgan fingerprint density at radius 2 is 1.92 bits per heavy atom. The van der Waals surface area contributed by atoms with E-state index in [1.807, 2.05) is 0 Å².